The van der Waals surface area contributed by atoms with Gasteiger partial charge in [-0.25, -0.2) is 9.78 Å². The lowest BCUT2D eigenvalue weighted by Crippen LogP contribution is -2.37. The third-order valence-corrected chi connectivity index (χ3v) is 7.09. The molecule has 0 aliphatic heterocycles. The maximum absolute atomic E-state index is 12.9. The zero-order chi connectivity index (χ0) is 23.8. The first-order valence-corrected chi connectivity index (χ1v) is 12.0. The van der Waals surface area contributed by atoms with Crippen molar-refractivity contribution in [2.45, 2.75) is 44.7 Å². The van der Waals surface area contributed by atoms with E-state index >= 15 is 0 Å². The minimum atomic E-state index is -0.00992. The van der Waals surface area contributed by atoms with Crippen LogP contribution in [0.2, 0.25) is 5.15 Å². The van der Waals surface area contributed by atoms with Crippen LogP contribution in [0.1, 0.15) is 37.3 Å². The summed E-state index contributed by atoms with van der Waals surface area (Å²) in [6.07, 6.45) is 7.31. The number of pyridine rings is 2. The van der Waals surface area contributed by atoms with Crippen molar-refractivity contribution in [3.8, 4) is 5.75 Å². The zero-order valence-electron chi connectivity index (χ0n) is 19.4. The summed E-state index contributed by atoms with van der Waals surface area (Å²) in [5.41, 5.74) is 10.4. The maximum Gasteiger partial charge on any atom is 0.329 e. The number of ether oxygens (including phenoxy) is 1. The predicted molar refractivity (Wildman–Crippen MR) is 136 cm³/mol. The molecule has 0 spiro atoms. The number of aryl methyl sites for hydroxylation is 2. The third-order valence-electron chi connectivity index (χ3n) is 6.89. The number of rotatable bonds is 6. The smallest absolute Gasteiger partial charge is 0.329 e. The molecular weight excluding hydrogens is 452 g/mol. The Kier molecular flexibility index (Phi) is 6.18. The van der Waals surface area contributed by atoms with Gasteiger partial charge in [-0.2, -0.15) is 0 Å². The van der Waals surface area contributed by atoms with Gasteiger partial charge >= 0.3 is 5.69 Å². The molecule has 1 aromatic carbocycles. The number of aromatic nitrogens is 4. The Morgan fingerprint density at radius 1 is 1.18 bits per heavy atom. The first kappa shape index (κ1) is 22.7. The van der Waals surface area contributed by atoms with Crippen LogP contribution < -0.4 is 21.5 Å². The number of benzene rings is 1. The minimum Gasteiger partial charge on any atom is -0.491 e. The average molecular weight is 481 g/mol. The molecule has 34 heavy (non-hydrogen) atoms. The van der Waals surface area contributed by atoms with E-state index in [0.29, 0.717) is 17.8 Å². The van der Waals surface area contributed by atoms with E-state index in [-0.39, 0.29) is 11.7 Å². The largest absolute Gasteiger partial charge is 0.491 e. The van der Waals surface area contributed by atoms with Gasteiger partial charge in [-0.1, -0.05) is 11.6 Å². The van der Waals surface area contributed by atoms with Crippen molar-refractivity contribution in [1.29, 1.82) is 0 Å². The Hall–Kier alpha value is -3.10. The molecule has 1 aliphatic carbocycles. The van der Waals surface area contributed by atoms with E-state index in [1.165, 1.54) is 0 Å². The van der Waals surface area contributed by atoms with Crippen molar-refractivity contribution in [2.24, 2.45) is 7.05 Å². The van der Waals surface area contributed by atoms with Crippen molar-refractivity contribution < 1.29 is 4.74 Å². The second-order valence-corrected chi connectivity index (χ2v) is 9.44. The number of nitrogens with one attached hydrogen (secondary N) is 1. The molecule has 1 fully saturated rings. The summed E-state index contributed by atoms with van der Waals surface area (Å²) in [6.45, 7) is 3.28. The third kappa shape index (κ3) is 4.23. The lowest BCUT2D eigenvalue weighted by Gasteiger charge is -2.30. The fraction of sp³-hybridized carbons (Fsp3) is 0.400. The summed E-state index contributed by atoms with van der Waals surface area (Å²) in [7, 11) is 1.78. The average Bonchev–Trinajstić information content (AvgIpc) is 3.07. The molecule has 0 amide bonds. The van der Waals surface area contributed by atoms with Crippen LogP contribution in [0.25, 0.3) is 21.9 Å². The highest BCUT2D eigenvalue weighted by Crippen LogP contribution is 2.31. The molecule has 4 aromatic rings. The molecule has 3 N–H and O–H groups in total. The fourth-order valence-electron chi connectivity index (χ4n) is 4.96. The van der Waals surface area contributed by atoms with E-state index in [9.17, 15) is 4.79 Å². The molecule has 5 rings (SSSR count). The normalized spacial score (nSPS) is 18.6. The van der Waals surface area contributed by atoms with Gasteiger partial charge in [0.2, 0.25) is 0 Å². The van der Waals surface area contributed by atoms with Crippen molar-refractivity contribution in [2.75, 3.05) is 18.9 Å². The van der Waals surface area contributed by atoms with Gasteiger partial charge in [0.05, 0.1) is 22.7 Å². The lowest BCUT2D eigenvalue weighted by atomic mass is 9.91. The van der Waals surface area contributed by atoms with Crippen LogP contribution in [0.4, 0.5) is 5.69 Å². The summed E-state index contributed by atoms with van der Waals surface area (Å²) in [6, 6.07) is 8.16. The quantitative estimate of drug-likeness (QED) is 0.246. The number of fused-ring (bicyclic) bond motifs is 2. The number of halogens is 1. The molecule has 3 heterocycles. The van der Waals surface area contributed by atoms with Crippen molar-refractivity contribution in [3.63, 3.8) is 0 Å². The molecule has 8 nitrogen and oxygen atoms in total. The summed E-state index contributed by atoms with van der Waals surface area (Å²) in [5, 5.41) is 4.95. The highest BCUT2D eigenvalue weighted by molar-refractivity contribution is 6.29. The Morgan fingerprint density at radius 2 is 1.97 bits per heavy atom. The Morgan fingerprint density at radius 3 is 2.76 bits per heavy atom. The van der Waals surface area contributed by atoms with Crippen LogP contribution in [0.3, 0.4) is 0 Å². The summed E-state index contributed by atoms with van der Waals surface area (Å²) >= 11 is 6.11. The van der Waals surface area contributed by atoms with Gasteiger partial charge in [-0.05, 0) is 56.4 Å². The van der Waals surface area contributed by atoms with Crippen LogP contribution >= 0.6 is 11.6 Å². The number of hydrogen-bond donors (Lipinski definition) is 2. The standard InChI is InChI=1S/C25H29ClN6O2/c1-15-11-20-18(12-19(15)27)23(7-8-29-20)34-10-9-28-16-3-5-17(6-4-16)32-21-13-24(26)30-14-22(21)31(2)25(32)33/h7-8,11-14,16-17,28H,3-6,9-10,27H2,1-2H3. The molecule has 1 saturated carbocycles. The first-order valence-electron chi connectivity index (χ1n) is 11.7. The predicted octanol–water partition coefficient (Wildman–Crippen LogP) is 3.98. The van der Waals surface area contributed by atoms with E-state index < -0.39 is 0 Å². The van der Waals surface area contributed by atoms with Gasteiger partial charge in [0.15, 0.2) is 0 Å². The van der Waals surface area contributed by atoms with Gasteiger partial charge in [0.25, 0.3) is 0 Å². The van der Waals surface area contributed by atoms with E-state index in [2.05, 4.69) is 15.3 Å². The number of anilines is 1. The molecule has 0 unspecified atom stereocenters. The Labute approximate surface area is 202 Å². The molecule has 178 valence electrons. The second-order valence-electron chi connectivity index (χ2n) is 9.05. The first-order chi connectivity index (χ1) is 16.4. The van der Waals surface area contributed by atoms with Crippen LogP contribution in [0.5, 0.6) is 5.75 Å². The molecule has 3 aromatic heterocycles. The second kappa shape index (κ2) is 9.27. The molecule has 1 aliphatic rings. The van der Waals surface area contributed by atoms with Gasteiger partial charge in [-0.3, -0.25) is 14.1 Å². The number of imidazole rings is 1. The van der Waals surface area contributed by atoms with Gasteiger partial charge < -0.3 is 15.8 Å². The van der Waals surface area contributed by atoms with Crippen LogP contribution in [-0.4, -0.2) is 38.3 Å². The van der Waals surface area contributed by atoms with Gasteiger partial charge in [0, 0.05) is 49.0 Å². The SMILES string of the molecule is Cc1cc2nccc(OCCNC3CCC(n4c(=O)n(C)c5cnc(Cl)cc54)CC3)c2cc1N. The molecule has 9 heteroatoms. The van der Waals surface area contributed by atoms with Crippen molar-refractivity contribution >= 4 is 39.2 Å². The molecule has 0 saturated heterocycles. The topological polar surface area (TPSA) is 100.0 Å². The number of nitrogen functional groups attached to an aromatic ring is 1. The van der Waals surface area contributed by atoms with E-state index in [1.54, 1.807) is 30.1 Å². The van der Waals surface area contributed by atoms with Crippen LogP contribution in [0.15, 0.2) is 41.5 Å². The zero-order valence-corrected chi connectivity index (χ0v) is 20.2. The van der Waals surface area contributed by atoms with E-state index in [0.717, 1.165) is 71.2 Å². The van der Waals surface area contributed by atoms with E-state index in [1.807, 2.05) is 29.7 Å². The van der Waals surface area contributed by atoms with Gasteiger partial charge in [-0.15, -0.1) is 0 Å². The van der Waals surface area contributed by atoms with E-state index in [4.69, 9.17) is 22.1 Å². The number of nitrogens with two attached hydrogens (primary N) is 1. The summed E-state index contributed by atoms with van der Waals surface area (Å²) < 4.78 is 9.59. The highest BCUT2D eigenvalue weighted by atomic mass is 35.5. The van der Waals surface area contributed by atoms with Crippen molar-refractivity contribution in [3.05, 3.63) is 57.9 Å². The summed E-state index contributed by atoms with van der Waals surface area (Å²) in [4.78, 5) is 21.4. The molecule has 0 atom stereocenters. The number of hydrogen-bond acceptors (Lipinski definition) is 6. The lowest BCUT2D eigenvalue weighted by molar-refractivity contribution is 0.264. The molecule has 0 bridgehead atoms. The molecular formula is C25H29ClN6O2. The van der Waals surface area contributed by atoms with Gasteiger partial charge in [0.1, 0.15) is 17.5 Å². The fourth-order valence-corrected chi connectivity index (χ4v) is 5.11. The van der Waals surface area contributed by atoms with Crippen LogP contribution in [0, 0.1) is 6.92 Å². The highest BCUT2D eigenvalue weighted by Gasteiger charge is 2.26. The maximum atomic E-state index is 12.9. The number of nitrogens with zero attached hydrogens (tertiary/aromatic N) is 4. The summed E-state index contributed by atoms with van der Waals surface area (Å²) in [5.74, 6) is 0.797. The Balaban J connectivity index is 1.17. The molecule has 0 radical (unpaired) electrons. The minimum absolute atomic E-state index is 0.00992. The monoisotopic (exact) mass is 480 g/mol. The van der Waals surface area contributed by atoms with Crippen molar-refractivity contribution in [1.82, 2.24) is 24.4 Å². The Bertz CT molecular complexity index is 1400. The van der Waals surface area contributed by atoms with Crippen LogP contribution in [-0.2, 0) is 7.05 Å².